The van der Waals surface area contributed by atoms with Crippen LogP contribution in [0.4, 0.5) is 18.9 Å². The summed E-state index contributed by atoms with van der Waals surface area (Å²) in [6.07, 6.45) is -4.14. The highest BCUT2D eigenvalue weighted by Gasteiger charge is 2.38. The highest BCUT2D eigenvalue weighted by molar-refractivity contribution is 8.02. The normalized spacial score (nSPS) is 18.6. The van der Waals surface area contributed by atoms with Crippen LogP contribution in [-0.4, -0.2) is 27.1 Å². The number of nitrogens with one attached hydrogen (secondary N) is 2. The van der Waals surface area contributed by atoms with Crippen molar-refractivity contribution in [3.05, 3.63) is 64.1 Å². The fourth-order valence-corrected chi connectivity index (χ4v) is 7.67. The van der Waals surface area contributed by atoms with Crippen molar-refractivity contribution < 1.29 is 26.3 Å². The highest BCUT2D eigenvalue weighted by atomic mass is 35.5. The summed E-state index contributed by atoms with van der Waals surface area (Å²) in [6, 6.07) is 11.0. The zero-order valence-corrected chi connectivity index (χ0v) is 22.0. The molecule has 0 spiro atoms. The molecule has 1 fully saturated rings. The molecule has 0 amide bonds. The van der Waals surface area contributed by atoms with Gasteiger partial charge in [0.15, 0.2) is 0 Å². The van der Waals surface area contributed by atoms with Crippen molar-refractivity contribution in [3.8, 4) is 5.75 Å². The molecule has 4 rings (SSSR count). The Balaban J connectivity index is 1.58. The van der Waals surface area contributed by atoms with Gasteiger partial charge < -0.3 is 10.1 Å². The summed E-state index contributed by atoms with van der Waals surface area (Å²) >= 11 is 14.6. The molecule has 1 aromatic heterocycles. The Bertz CT molecular complexity index is 1320. The minimum Gasteiger partial charge on any atom is -0.485 e. The summed E-state index contributed by atoms with van der Waals surface area (Å²) in [6.45, 7) is 2.70. The van der Waals surface area contributed by atoms with Crippen LogP contribution in [0.1, 0.15) is 18.9 Å². The number of hydrogen-bond donors (Lipinski definition) is 2. The lowest BCUT2D eigenvalue weighted by molar-refractivity contribution is -0.139. The Kier molecular flexibility index (Phi) is 7.57. The molecule has 1 atom stereocenters. The molecule has 0 saturated carbocycles. The molecule has 1 aliphatic rings. The molecule has 1 saturated heterocycles. The van der Waals surface area contributed by atoms with Crippen molar-refractivity contribution in [2.24, 2.45) is 0 Å². The zero-order valence-electron chi connectivity index (χ0n) is 18.1. The number of anilines is 1. The van der Waals surface area contributed by atoms with Crippen LogP contribution < -0.4 is 14.8 Å². The lowest BCUT2D eigenvalue weighted by atomic mass is 10.1. The summed E-state index contributed by atoms with van der Waals surface area (Å²) in [5.74, 6) is -0.431. The van der Waals surface area contributed by atoms with Crippen LogP contribution in [0.2, 0.25) is 10.0 Å². The van der Waals surface area contributed by atoms with Crippen molar-refractivity contribution in [1.82, 2.24) is 5.32 Å². The number of sulfonamides is 1. The summed E-state index contributed by atoms with van der Waals surface area (Å²) in [5, 5.41) is 3.92. The molecule has 0 radical (unpaired) electrons. The number of ether oxygens (including phenoxy) is 1. The van der Waals surface area contributed by atoms with Crippen molar-refractivity contribution >= 4 is 62.0 Å². The van der Waals surface area contributed by atoms with Crippen LogP contribution in [-0.2, 0) is 16.2 Å². The van der Waals surface area contributed by atoms with Crippen molar-refractivity contribution in [2.45, 2.75) is 38.4 Å². The third kappa shape index (κ3) is 6.20. The Morgan fingerprint density at radius 1 is 1.14 bits per heavy atom. The maximum Gasteiger partial charge on any atom is 0.419 e. The predicted molar refractivity (Wildman–Crippen MR) is 134 cm³/mol. The molecule has 2 aromatic carbocycles. The Hall–Kier alpha value is -1.63. The second-order valence-electron chi connectivity index (χ2n) is 8.02. The van der Waals surface area contributed by atoms with Crippen LogP contribution in [0.15, 0.2) is 61.8 Å². The molecule has 0 unspecified atom stereocenters. The van der Waals surface area contributed by atoms with Gasteiger partial charge in [0.25, 0.3) is 10.0 Å². The Morgan fingerprint density at radius 2 is 1.86 bits per heavy atom. The fraction of sp³-hybridized carbons (Fsp3) is 0.273. The second-order valence-corrected chi connectivity index (χ2v) is 13.1. The number of benzene rings is 2. The van der Waals surface area contributed by atoms with Crippen LogP contribution in [0.5, 0.6) is 5.75 Å². The summed E-state index contributed by atoms with van der Waals surface area (Å²) in [5.41, 5.74) is -1.85. The third-order valence-electron chi connectivity index (χ3n) is 5.17. The van der Waals surface area contributed by atoms with E-state index in [4.69, 9.17) is 27.9 Å². The van der Waals surface area contributed by atoms with Gasteiger partial charge in [0.2, 0.25) is 0 Å². The van der Waals surface area contributed by atoms with E-state index >= 15 is 0 Å². The van der Waals surface area contributed by atoms with Gasteiger partial charge in [-0.2, -0.15) is 13.2 Å². The third-order valence-corrected chi connectivity index (χ3v) is 10.3. The predicted octanol–water partition coefficient (Wildman–Crippen LogP) is 7.16. The number of halogens is 5. The molecule has 0 aliphatic carbocycles. The fourth-order valence-electron chi connectivity index (χ4n) is 3.44. The quantitative estimate of drug-likeness (QED) is 0.309. The van der Waals surface area contributed by atoms with Gasteiger partial charge in [-0.25, -0.2) is 8.42 Å². The molecule has 5 nitrogen and oxygen atoms in total. The van der Waals surface area contributed by atoms with Gasteiger partial charge in [-0.15, -0.1) is 11.3 Å². The standard InChI is InChI=1S/C22H19Cl2F3N2O3S3/c1-21(9-10-28-12-21)32-17-11-13(5-6-14(17)22(25,26)27)29-35(30,31)19-8-7-18(33-19)34-20-15(23)3-2-4-16(20)24/h2-8,11,28-29H,9-10,12H2,1H3/t21-/m1/s1. The van der Waals surface area contributed by atoms with Crippen molar-refractivity contribution in [1.29, 1.82) is 0 Å². The summed E-state index contributed by atoms with van der Waals surface area (Å²) in [7, 11) is -4.07. The molecule has 188 valence electrons. The van der Waals surface area contributed by atoms with E-state index in [1.807, 2.05) is 0 Å². The van der Waals surface area contributed by atoms with E-state index in [1.165, 1.54) is 17.8 Å². The van der Waals surface area contributed by atoms with E-state index in [0.717, 1.165) is 29.5 Å². The molecule has 2 heterocycles. The van der Waals surface area contributed by atoms with Gasteiger partial charge in [0.05, 0.1) is 30.4 Å². The molecular weight excluding hydrogens is 564 g/mol. The summed E-state index contributed by atoms with van der Waals surface area (Å²) in [4.78, 5) is 0.592. The molecule has 3 aromatic rings. The maximum absolute atomic E-state index is 13.6. The van der Waals surface area contributed by atoms with Crippen LogP contribution in [0.3, 0.4) is 0 Å². The van der Waals surface area contributed by atoms with E-state index in [-0.39, 0.29) is 9.90 Å². The topological polar surface area (TPSA) is 67.4 Å². The number of thiophene rings is 1. The monoisotopic (exact) mass is 582 g/mol. The van der Waals surface area contributed by atoms with E-state index in [1.54, 1.807) is 31.2 Å². The second kappa shape index (κ2) is 10.0. The smallest absolute Gasteiger partial charge is 0.419 e. The Labute approximate surface area is 219 Å². The first-order chi connectivity index (χ1) is 16.4. The van der Waals surface area contributed by atoms with Gasteiger partial charge in [-0.3, -0.25) is 4.72 Å². The SMILES string of the molecule is C[C@@]1(Oc2cc(NS(=O)(=O)c3ccc(Sc4c(Cl)cccc4Cl)s3)ccc2C(F)(F)F)CCNC1. The molecule has 1 aliphatic heterocycles. The minimum atomic E-state index is -4.66. The molecular formula is C22H19Cl2F3N2O3S3. The first-order valence-electron chi connectivity index (χ1n) is 10.2. The first-order valence-corrected chi connectivity index (χ1v) is 14.1. The van der Waals surface area contributed by atoms with Gasteiger partial charge in [0.1, 0.15) is 15.6 Å². The summed E-state index contributed by atoms with van der Waals surface area (Å²) < 4.78 is 75.3. The van der Waals surface area contributed by atoms with Crippen molar-refractivity contribution in [3.63, 3.8) is 0 Å². The lowest BCUT2D eigenvalue weighted by Crippen LogP contribution is -2.35. The van der Waals surface area contributed by atoms with Gasteiger partial charge in [0, 0.05) is 19.0 Å². The largest absolute Gasteiger partial charge is 0.485 e. The molecule has 35 heavy (non-hydrogen) atoms. The molecule has 0 bridgehead atoms. The van der Waals surface area contributed by atoms with E-state index in [2.05, 4.69) is 10.0 Å². The lowest BCUT2D eigenvalue weighted by Gasteiger charge is -2.27. The average Bonchev–Trinajstić information content (AvgIpc) is 3.39. The zero-order chi connectivity index (χ0) is 25.4. The van der Waals surface area contributed by atoms with Crippen LogP contribution in [0, 0.1) is 0 Å². The van der Waals surface area contributed by atoms with E-state index in [9.17, 15) is 21.6 Å². The van der Waals surface area contributed by atoms with Crippen LogP contribution >= 0.6 is 46.3 Å². The van der Waals surface area contributed by atoms with Crippen molar-refractivity contribution in [2.75, 3.05) is 17.8 Å². The molecule has 2 N–H and O–H groups in total. The number of hydrogen-bond acceptors (Lipinski definition) is 6. The average molecular weight is 584 g/mol. The van der Waals surface area contributed by atoms with E-state index in [0.29, 0.717) is 38.7 Å². The molecule has 13 heteroatoms. The minimum absolute atomic E-state index is 0.0162. The van der Waals surface area contributed by atoms with Gasteiger partial charge in [-0.1, -0.05) is 41.0 Å². The van der Waals surface area contributed by atoms with Gasteiger partial charge >= 0.3 is 6.18 Å². The maximum atomic E-state index is 13.6. The number of alkyl halides is 3. The highest BCUT2D eigenvalue weighted by Crippen LogP contribution is 2.43. The van der Waals surface area contributed by atoms with Gasteiger partial charge in [-0.05, 0) is 49.9 Å². The van der Waals surface area contributed by atoms with Crippen LogP contribution in [0.25, 0.3) is 0 Å². The van der Waals surface area contributed by atoms with E-state index < -0.39 is 33.1 Å². The number of rotatable bonds is 7. The first kappa shape index (κ1) is 26.4. The Morgan fingerprint density at radius 3 is 2.49 bits per heavy atom.